The molecule has 0 saturated heterocycles. The van der Waals surface area contributed by atoms with Crippen LogP contribution in [0, 0.1) is 12.3 Å². The van der Waals surface area contributed by atoms with Crippen LogP contribution in [0.25, 0.3) is 0 Å². The first-order chi connectivity index (χ1) is 13.7. The number of benzene rings is 1. The third kappa shape index (κ3) is 4.60. The molecule has 1 amide bonds. The molecule has 1 aromatic heterocycles. The quantitative estimate of drug-likeness (QED) is 0.413. The Bertz CT molecular complexity index is 1060. The smallest absolute Gasteiger partial charge is 0.290 e. The second-order valence-corrected chi connectivity index (χ2v) is 6.74. The van der Waals surface area contributed by atoms with E-state index in [1.807, 2.05) is 6.92 Å². The van der Waals surface area contributed by atoms with E-state index in [1.165, 1.54) is 24.1 Å². The predicted octanol–water partition coefficient (Wildman–Crippen LogP) is 1.44. The van der Waals surface area contributed by atoms with E-state index < -0.39 is 17.0 Å². The Balaban J connectivity index is 2.57. The highest BCUT2D eigenvalue weighted by Gasteiger charge is 2.20. The van der Waals surface area contributed by atoms with Gasteiger partial charge in [0.05, 0.1) is 11.3 Å². The molecule has 0 spiro atoms. The first kappa shape index (κ1) is 21.6. The molecule has 0 radical (unpaired) electrons. The van der Waals surface area contributed by atoms with Gasteiger partial charge in [-0.1, -0.05) is 13.0 Å². The molecule has 29 heavy (non-hydrogen) atoms. The number of anilines is 3. The highest BCUT2D eigenvalue weighted by atomic mass is 16.3. The molecule has 1 aromatic carbocycles. The second-order valence-electron chi connectivity index (χ2n) is 6.74. The Hall–Kier alpha value is -3.67. The molecule has 154 valence electrons. The number of nitrogens with zero attached hydrogens (tertiary/aromatic N) is 2. The number of rotatable bonds is 7. The van der Waals surface area contributed by atoms with Gasteiger partial charge in [0.1, 0.15) is 11.4 Å². The fraction of sp³-hybridized carbons (Fsp3) is 0.350. The van der Waals surface area contributed by atoms with Crippen LogP contribution in [0.3, 0.4) is 0 Å². The van der Waals surface area contributed by atoms with Crippen LogP contribution in [-0.2, 0) is 7.05 Å². The number of carbonyl (C=O) groups excluding carboxylic acids is 1. The van der Waals surface area contributed by atoms with Crippen LogP contribution in [-0.4, -0.2) is 45.8 Å². The van der Waals surface area contributed by atoms with Crippen LogP contribution in [0.15, 0.2) is 27.8 Å². The van der Waals surface area contributed by atoms with E-state index in [0.29, 0.717) is 12.8 Å². The predicted molar refractivity (Wildman–Crippen MR) is 113 cm³/mol. The Morgan fingerprint density at radius 3 is 2.62 bits per heavy atom. The molecule has 2 rings (SSSR count). The third-order valence-corrected chi connectivity index (χ3v) is 4.40. The summed E-state index contributed by atoms with van der Waals surface area (Å²) in [6, 6.07) is 4.32. The minimum Gasteiger partial charge on any atom is -0.505 e. The topological polar surface area (TPSA) is 119 Å². The number of amides is 1. The molecular formula is C20H25N5O4. The van der Waals surface area contributed by atoms with Crippen molar-refractivity contribution in [2.24, 2.45) is 7.05 Å². The molecule has 2 aromatic rings. The molecule has 4 N–H and O–H groups in total. The zero-order valence-corrected chi connectivity index (χ0v) is 16.9. The Morgan fingerprint density at radius 2 is 2.03 bits per heavy atom. The molecule has 0 bridgehead atoms. The highest BCUT2D eigenvalue weighted by Crippen LogP contribution is 2.31. The molecule has 0 aliphatic carbocycles. The zero-order valence-electron chi connectivity index (χ0n) is 16.9. The lowest BCUT2D eigenvalue weighted by molar-refractivity contribution is 0.0824. The fourth-order valence-electron chi connectivity index (χ4n) is 2.74. The molecule has 9 heteroatoms. The summed E-state index contributed by atoms with van der Waals surface area (Å²) >= 11 is 0. The lowest BCUT2D eigenvalue weighted by Gasteiger charge is -2.20. The van der Waals surface area contributed by atoms with Gasteiger partial charge in [-0.05, 0) is 18.6 Å². The van der Waals surface area contributed by atoms with Crippen molar-refractivity contribution in [1.29, 1.82) is 0 Å². The summed E-state index contributed by atoms with van der Waals surface area (Å²) in [5, 5.41) is 18.8. The number of aromatic nitrogens is 2. The second kappa shape index (κ2) is 9.01. The van der Waals surface area contributed by atoms with Gasteiger partial charge in [-0.15, -0.1) is 12.3 Å². The fourth-order valence-corrected chi connectivity index (χ4v) is 2.74. The Morgan fingerprint density at radius 1 is 1.34 bits per heavy atom. The summed E-state index contributed by atoms with van der Waals surface area (Å²) in [4.78, 5) is 38.8. The van der Waals surface area contributed by atoms with E-state index in [0.717, 1.165) is 4.68 Å². The number of hydrogen-bond acceptors (Lipinski definition) is 6. The van der Waals surface area contributed by atoms with Gasteiger partial charge in [0, 0.05) is 33.6 Å². The molecule has 0 aliphatic rings. The number of aromatic hydroxyl groups is 1. The van der Waals surface area contributed by atoms with Crippen molar-refractivity contribution in [3.63, 3.8) is 0 Å². The van der Waals surface area contributed by atoms with Crippen LogP contribution in [0.4, 0.5) is 17.1 Å². The van der Waals surface area contributed by atoms with E-state index in [9.17, 15) is 19.5 Å². The number of phenols is 1. The highest BCUT2D eigenvalue weighted by molar-refractivity contribution is 5.98. The maximum atomic E-state index is 12.7. The van der Waals surface area contributed by atoms with E-state index in [1.54, 1.807) is 20.2 Å². The van der Waals surface area contributed by atoms with Crippen molar-refractivity contribution in [1.82, 2.24) is 14.7 Å². The van der Waals surface area contributed by atoms with Crippen molar-refractivity contribution in [3.05, 3.63) is 44.5 Å². The van der Waals surface area contributed by atoms with E-state index in [4.69, 9.17) is 6.42 Å². The van der Waals surface area contributed by atoms with Crippen molar-refractivity contribution >= 4 is 23.0 Å². The number of hydrogen-bond donors (Lipinski definition) is 4. The van der Waals surface area contributed by atoms with E-state index in [2.05, 4.69) is 21.7 Å². The minimum absolute atomic E-state index is 0.0297. The summed E-state index contributed by atoms with van der Waals surface area (Å²) in [7, 11) is 4.55. The number of phenolic OH excluding ortho intramolecular Hbond substituents is 1. The van der Waals surface area contributed by atoms with Crippen molar-refractivity contribution in [2.45, 2.75) is 25.8 Å². The first-order valence-electron chi connectivity index (χ1n) is 9.05. The Kier molecular flexibility index (Phi) is 6.72. The van der Waals surface area contributed by atoms with Crippen LogP contribution < -0.4 is 21.8 Å². The van der Waals surface area contributed by atoms with Gasteiger partial charge in [-0.2, -0.15) is 0 Å². The third-order valence-electron chi connectivity index (χ3n) is 4.40. The number of para-hydroxylation sites is 1. The number of aryl methyl sites for hydroxylation is 1. The molecule has 0 fully saturated rings. The van der Waals surface area contributed by atoms with Crippen molar-refractivity contribution in [2.75, 3.05) is 24.7 Å². The van der Waals surface area contributed by atoms with Gasteiger partial charge < -0.3 is 20.6 Å². The summed E-state index contributed by atoms with van der Waals surface area (Å²) in [5.41, 5.74) is -0.912. The first-order valence-corrected chi connectivity index (χ1v) is 9.05. The van der Waals surface area contributed by atoms with Gasteiger partial charge >= 0.3 is 0 Å². The van der Waals surface area contributed by atoms with Gasteiger partial charge in [-0.25, -0.2) is 0 Å². The van der Waals surface area contributed by atoms with E-state index >= 15 is 0 Å². The van der Waals surface area contributed by atoms with Gasteiger partial charge in [0.2, 0.25) is 0 Å². The SMILES string of the molecule is C#CCC(CC)Nc1c(Nc2cccc(C(=O)N(C)C)c2O)c(=O)[nH]n(C)c1=O. The average molecular weight is 399 g/mol. The van der Waals surface area contributed by atoms with Crippen molar-refractivity contribution in [3.8, 4) is 18.1 Å². The monoisotopic (exact) mass is 399 g/mol. The summed E-state index contributed by atoms with van der Waals surface area (Å²) in [5.74, 6) is 1.81. The molecule has 1 atom stereocenters. The maximum Gasteiger partial charge on any atom is 0.290 e. The molecule has 1 heterocycles. The van der Waals surface area contributed by atoms with Crippen LogP contribution in [0.2, 0.25) is 0 Å². The summed E-state index contributed by atoms with van der Waals surface area (Å²) in [6.45, 7) is 1.90. The van der Waals surface area contributed by atoms with E-state index in [-0.39, 0.29) is 34.4 Å². The lowest BCUT2D eigenvalue weighted by Crippen LogP contribution is -2.34. The zero-order chi connectivity index (χ0) is 21.7. The number of aromatic amines is 1. The standard InChI is InChI=1S/C20H25N5O4/c1-6-9-12(7-2)21-16-15(18(27)23-25(5)20(16)29)22-14-11-8-10-13(17(14)26)19(28)24(3)4/h1,8,10-12,21-22,26H,7,9H2,2-5H3,(H,23,27). The van der Waals surface area contributed by atoms with Crippen LogP contribution >= 0.6 is 0 Å². The molecule has 0 aliphatic heterocycles. The number of carbonyl (C=O) groups is 1. The van der Waals surface area contributed by atoms with Crippen molar-refractivity contribution < 1.29 is 9.90 Å². The number of H-pyrrole nitrogens is 1. The molecule has 9 nitrogen and oxygen atoms in total. The minimum atomic E-state index is -0.575. The Labute approximate surface area is 168 Å². The molecule has 1 unspecified atom stereocenters. The van der Waals surface area contributed by atoms with Gasteiger partial charge in [0.25, 0.3) is 17.0 Å². The normalized spacial score (nSPS) is 11.4. The number of nitrogens with one attached hydrogen (secondary N) is 3. The largest absolute Gasteiger partial charge is 0.505 e. The molecule has 0 saturated carbocycles. The maximum absolute atomic E-state index is 12.7. The van der Waals surface area contributed by atoms with Crippen LogP contribution in [0.5, 0.6) is 5.75 Å². The van der Waals surface area contributed by atoms with Gasteiger partial charge in [0.15, 0.2) is 5.75 Å². The average Bonchev–Trinajstić information content (AvgIpc) is 2.68. The van der Waals surface area contributed by atoms with Gasteiger partial charge in [-0.3, -0.25) is 24.2 Å². The summed E-state index contributed by atoms with van der Waals surface area (Å²) in [6.07, 6.45) is 6.38. The number of terminal acetylenes is 1. The van der Waals surface area contributed by atoms with Crippen LogP contribution in [0.1, 0.15) is 30.1 Å². The molecular weight excluding hydrogens is 374 g/mol. The lowest BCUT2D eigenvalue weighted by atomic mass is 10.1. The summed E-state index contributed by atoms with van der Waals surface area (Å²) < 4.78 is 1.06.